The van der Waals surface area contributed by atoms with Gasteiger partial charge in [-0.25, -0.2) is 9.37 Å². The van der Waals surface area contributed by atoms with Crippen molar-refractivity contribution in [3.8, 4) is 22.8 Å². The van der Waals surface area contributed by atoms with E-state index in [2.05, 4.69) is 10.1 Å². The van der Waals surface area contributed by atoms with Crippen LogP contribution in [0, 0.1) is 18.6 Å². The highest BCUT2D eigenvalue weighted by Gasteiger charge is 2.17. The van der Waals surface area contributed by atoms with Crippen LogP contribution in [0.5, 0.6) is 11.6 Å². The molecule has 0 bridgehead atoms. The minimum atomic E-state index is -1.26. The number of hydrogen-bond donors (Lipinski definition) is 1. The molecule has 0 saturated carbocycles. The van der Waals surface area contributed by atoms with Crippen molar-refractivity contribution in [1.29, 1.82) is 0 Å². The number of aryl methyl sites for hydroxylation is 3. The molecule has 0 aliphatic carbocycles. The molecule has 2 heterocycles. The van der Waals surface area contributed by atoms with Gasteiger partial charge in [0.15, 0.2) is 11.6 Å². The van der Waals surface area contributed by atoms with Crippen LogP contribution in [0.3, 0.4) is 0 Å². The number of rotatable bonds is 5. The maximum Gasteiger partial charge on any atom is 0.213 e. The van der Waals surface area contributed by atoms with Gasteiger partial charge in [-0.3, -0.25) is 4.68 Å². The Kier molecular flexibility index (Phi) is 4.65. The molecule has 3 aromatic rings. The van der Waals surface area contributed by atoms with Crippen LogP contribution >= 0.6 is 0 Å². The van der Waals surface area contributed by atoms with Gasteiger partial charge in [-0.1, -0.05) is 6.07 Å². The van der Waals surface area contributed by atoms with Crippen LogP contribution < -0.4 is 4.74 Å². The monoisotopic (exact) mass is 345 g/mol. The zero-order chi connectivity index (χ0) is 18.0. The Balaban J connectivity index is 1.82. The van der Waals surface area contributed by atoms with E-state index in [1.807, 2.05) is 12.1 Å². The first-order chi connectivity index (χ1) is 12.0. The van der Waals surface area contributed by atoms with E-state index in [9.17, 15) is 13.9 Å². The number of aromatic nitrogens is 3. The van der Waals surface area contributed by atoms with E-state index in [0.29, 0.717) is 30.1 Å². The van der Waals surface area contributed by atoms with Crippen LogP contribution in [0.1, 0.15) is 11.4 Å². The number of pyridine rings is 1. The van der Waals surface area contributed by atoms with E-state index in [0.717, 1.165) is 11.8 Å². The molecule has 0 aliphatic heterocycles. The molecule has 0 atom stereocenters. The lowest BCUT2D eigenvalue weighted by atomic mass is 10.1. The van der Waals surface area contributed by atoms with Gasteiger partial charge in [0.25, 0.3) is 0 Å². The summed E-state index contributed by atoms with van der Waals surface area (Å²) in [5.41, 5.74) is 1.96. The molecule has 5 nitrogen and oxygen atoms in total. The summed E-state index contributed by atoms with van der Waals surface area (Å²) in [4.78, 5) is 4.33. The van der Waals surface area contributed by atoms with Gasteiger partial charge in [0.1, 0.15) is 0 Å². The zero-order valence-corrected chi connectivity index (χ0v) is 13.8. The standard InChI is InChI=1S/C18H17F2N3O2/c1-11-14(13-6-7-15(24)18(20)17(13)19)10-23(22-11)9-8-12-4-3-5-16(21-12)25-2/h3-7,10,24H,8-9H2,1-2H3. The molecule has 3 rings (SSSR count). The third-order valence-electron chi connectivity index (χ3n) is 3.89. The maximum atomic E-state index is 14.1. The summed E-state index contributed by atoms with van der Waals surface area (Å²) in [5.74, 6) is -2.52. The highest BCUT2D eigenvalue weighted by molar-refractivity contribution is 5.66. The zero-order valence-electron chi connectivity index (χ0n) is 13.8. The van der Waals surface area contributed by atoms with Crippen LogP contribution in [0.15, 0.2) is 36.5 Å². The molecule has 0 saturated heterocycles. The Morgan fingerprint density at radius 3 is 2.68 bits per heavy atom. The molecular weight excluding hydrogens is 328 g/mol. The van der Waals surface area contributed by atoms with Gasteiger partial charge >= 0.3 is 0 Å². The molecule has 2 aromatic heterocycles. The highest BCUT2D eigenvalue weighted by atomic mass is 19.2. The second kappa shape index (κ2) is 6.88. The number of ether oxygens (including phenoxy) is 1. The first-order valence-electron chi connectivity index (χ1n) is 7.71. The Morgan fingerprint density at radius 2 is 1.92 bits per heavy atom. The van der Waals surface area contributed by atoms with Crippen molar-refractivity contribution in [1.82, 2.24) is 14.8 Å². The van der Waals surface area contributed by atoms with E-state index in [-0.39, 0.29) is 5.56 Å². The van der Waals surface area contributed by atoms with E-state index in [1.165, 1.54) is 6.07 Å². The fourth-order valence-electron chi connectivity index (χ4n) is 2.58. The first kappa shape index (κ1) is 16.9. The highest BCUT2D eigenvalue weighted by Crippen LogP contribution is 2.30. The number of halogens is 2. The van der Waals surface area contributed by atoms with Crippen molar-refractivity contribution in [2.75, 3.05) is 7.11 Å². The molecular formula is C18H17F2N3O2. The van der Waals surface area contributed by atoms with E-state index < -0.39 is 17.4 Å². The fourth-order valence-corrected chi connectivity index (χ4v) is 2.58. The Morgan fingerprint density at radius 1 is 1.12 bits per heavy atom. The molecule has 0 radical (unpaired) electrons. The van der Waals surface area contributed by atoms with E-state index in [1.54, 1.807) is 31.0 Å². The normalized spacial score (nSPS) is 10.9. The lowest BCUT2D eigenvalue weighted by molar-refractivity contribution is 0.395. The van der Waals surface area contributed by atoms with Crippen molar-refractivity contribution in [2.45, 2.75) is 19.9 Å². The number of phenolic OH excluding ortho intramolecular Hbond substituents is 1. The van der Waals surface area contributed by atoms with Gasteiger partial charge in [-0.2, -0.15) is 9.49 Å². The average Bonchev–Trinajstić information content (AvgIpc) is 2.99. The topological polar surface area (TPSA) is 60.2 Å². The number of nitrogens with zero attached hydrogens (tertiary/aromatic N) is 3. The van der Waals surface area contributed by atoms with Gasteiger partial charge in [0.2, 0.25) is 11.7 Å². The summed E-state index contributed by atoms with van der Waals surface area (Å²) < 4.78 is 34.4. The third kappa shape index (κ3) is 3.45. The molecule has 1 aromatic carbocycles. The van der Waals surface area contributed by atoms with Crippen LogP contribution in [-0.2, 0) is 13.0 Å². The number of benzene rings is 1. The maximum absolute atomic E-state index is 14.1. The van der Waals surface area contributed by atoms with E-state index >= 15 is 0 Å². The molecule has 130 valence electrons. The average molecular weight is 345 g/mol. The Labute approximate surface area is 143 Å². The molecule has 0 fully saturated rings. The lowest BCUT2D eigenvalue weighted by Gasteiger charge is -2.04. The molecule has 0 amide bonds. The van der Waals surface area contributed by atoms with Gasteiger partial charge in [-0.05, 0) is 25.1 Å². The fraction of sp³-hybridized carbons (Fsp3) is 0.222. The largest absolute Gasteiger partial charge is 0.505 e. The van der Waals surface area contributed by atoms with Gasteiger partial charge in [0.05, 0.1) is 12.8 Å². The van der Waals surface area contributed by atoms with Crippen LogP contribution in [0.2, 0.25) is 0 Å². The molecule has 0 unspecified atom stereocenters. The van der Waals surface area contributed by atoms with E-state index in [4.69, 9.17) is 4.74 Å². The predicted octanol–water partition coefficient (Wildman–Crippen LogP) is 3.49. The minimum absolute atomic E-state index is 0.0681. The van der Waals surface area contributed by atoms with Crippen molar-refractivity contribution < 1.29 is 18.6 Å². The second-order valence-electron chi connectivity index (χ2n) is 5.57. The summed E-state index contributed by atoms with van der Waals surface area (Å²) in [6, 6.07) is 7.97. The smallest absolute Gasteiger partial charge is 0.213 e. The van der Waals surface area contributed by atoms with Crippen molar-refractivity contribution >= 4 is 0 Å². The quantitative estimate of drug-likeness (QED) is 0.769. The summed E-state index contributed by atoms with van der Waals surface area (Å²) in [5, 5.41) is 13.6. The number of hydrogen-bond acceptors (Lipinski definition) is 4. The Hall–Kier alpha value is -2.96. The molecule has 7 heteroatoms. The third-order valence-corrected chi connectivity index (χ3v) is 3.89. The van der Waals surface area contributed by atoms with Crippen LogP contribution in [-0.4, -0.2) is 27.0 Å². The number of aromatic hydroxyl groups is 1. The molecule has 25 heavy (non-hydrogen) atoms. The van der Waals surface area contributed by atoms with Gasteiger partial charge < -0.3 is 9.84 Å². The first-order valence-corrected chi connectivity index (χ1v) is 7.71. The summed E-state index contributed by atoms with van der Waals surface area (Å²) in [6.07, 6.45) is 2.27. The number of phenols is 1. The van der Waals surface area contributed by atoms with Crippen molar-refractivity contribution in [2.24, 2.45) is 0 Å². The SMILES string of the molecule is COc1cccc(CCn2cc(-c3ccc(O)c(F)c3F)c(C)n2)n1. The van der Waals surface area contributed by atoms with Crippen molar-refractivity contribution in [3.63, 3.8) is 0 Å². The van der Waals surface area contributed by atoms with Crippen LogP contribution in [0.4, 0.5) is 8.78 Å². The summed E-state index contributed by atoms with van der Waals surface area (Å²) in [7, 11) is 1.56. The van der Waals surface area contributed by atoms with Crippen LogP contribution in [0.25, 0.3) is 11.1 Å². The predicted molar refractivity (Wildman–Crippen MR) is 88.5 cm³/mol. The summed E-state index contributed by atoms with van der Waals surface area (Å²) >= 11 is 0. The van der Waals surface area contributed by atoms with Crippen molar-refractivity contribution in [3.05, 3.63) is 59.6 Å². The van der Waals surface area contributed by atoms with Gasteiger partial charge in [-0.15, -0.1) is 0 Å². The second-order valence-corrected chi connectivity index (χ2v) is 5.57. The molecule has 0 spiro atoms. The Bertz CT molecular complexity index is 909. The number of methoxy groups -OCH3 is 1. The summed E-state index contributed by atoms with van der Waals surface area (Å²) in [6.45, 7) is 2.25. The minimum Gasteiger partial charge on any atom is -0.505 e. The molecule has 0 aliphatic rings. The van der Waals surface area contributed by atoms with Gasteiger partial charge in [0, 0.05) is 42.0 Å². The molecule has 1 N–H and O–H groups in total. The lowest BCUT2D eigenvalue weighted by Crippen LogP contribution is -2.03.